The smallest absolute Gasteiger partial charge is 0.0741 e. The third-order valence-corrected chi connectivity index (χ3v) is 2.49. The SMILES string of the molecule is C=C/C=C\C(=C)CNC(C)NC(=C)/C(C=C)=C/CC. The van der Waals surface area contributed by atoms with Crippen LogP contribution in [0, 0.1) is 0 Å². The van der Waals surface area contributed by atoms with Crippen molar-refractivity contribution in [2.45, 2.75) is 26.4 Å². The minimum atomic E-state index is 0.113. The second kappa shape index (κ2) is 10.2. The molecule has 0 aliphatic carbocycles. The Labute approximate surface area is 118 Å². The lowest BCUT2D eigenvalue weighted by Gasteiger charge is -2.19. The molecule has 0 spiro atoms. The minimum absolute atomic E-state index is 0.113. The molecule has 2 heteroatoms. The van der Waals surface area contributed by atoms with Gasteiger partial charge in [-0.25, -0.2) is 0 Å². The van der Waals surface area contributed by atoms with E-state index in [1.54, 1.807) is 6.08 Å². The Kier molecular flexibility index (Phi) is 9.19. The average molecular weight is 258 g/mol. The predicted octanol–water partition coefficient (Wildman–Crippen LogP) is 3.85. The molecule has 0 rings (SSSR count). The summed E-state index contributed by atoms with van der Waals surface area (Å²) >= 11 is 0. The molecule has 2 N–H and O–H groups in total. The van der Waals surface area contributed by atoms with Gasteiger partial charge in [0.25, 0.3) is 0 Å². The Balaban J connectivity index is 4.20. The Morgan fingerprint density at radius 3 is 2.47 bits per heavy atom. The van der Waals surface area contributed by atoms with Crippen LogP contribution in [0.25, 0.3) is 0 Å². The molecule has 104 valence electrons. The maximum atomic E-state index is 4.02. The molecule has 0 radical (unpaired) electrons. The predicted molar refractivity (Wildman–Crippen MR) is 86.8 cm³/mol. The van der Waals surface area contributed by atoms with Crippen LogP contribution >= 0.6 is 0 Å². The van der Waals surface area contributed by atoms with Gasteiger partial charge in [0, 0.05) is 12.2 Å². The van der Waals surface area contributed by atoms with E-state index in [-0.39, 0.29) is 6.17 Å². The van der Waals surface area contributed by atoms with E-state index >= 15 is 0 Å². The number of rotatable bonds is 10. The molecular formula is C17H26N2. The lowest BCUT2D eigenvalue weighted by molar-refractivity contribution is 0.520. The van der Waals surface area contributed by atoms with Crippen LogP contribution in [0.4, 0.5) is 0 Å². The van der Waals surface area contributed by atoms with Crippen LogP contribution in [0.2, 0.25) is 0 Å². The summed E-state index contributed by atoms with van der Waals surface area (Å²) in [5.41, 5.74) is 2.93. The normalized spacial score (nSPS) is 13.1. The third-order valence-electron chi connectivity index (χ3n) is 2.49. The first-order chi connectivity index (χ1) is 9.04. The van der Waals surface area contributed by atoms with E-state index in [0.717, 1.165) is 23.3 Å². The van der Waals surface area contributed by atoms with E-state index in [1.165, 1.54) is 0 Å². The van der Waals surface area contributed by atoms with E-state index in [1.807, 2.05) is 25.2 Å². The van der Waals surface area contributed by atoms with Crippen molar-refractivity contribution in [3.63, 3.8) is 0 Å². The number of nitrogens with one attached hydrogen (secondary N) is 2. The van der Waals surface area contributed by atoms with Crippen molar-refractivity contribution in [2.24, 2.45) is 0 Å². The van der Waals surface area contributed by atoms with E-state index in [0.29, 0.717) is 6.54 Å². The van der Waals surface area contributed by atoms with Gasteiger partial charge in [0.05, 0.1) is 6.17 Å². The molecule has 0 aliphatic rings. The van der Waals surface area contributed by atoms with Gasteiger partial charge in [0.2, 0.25) is 0 Å². The van der Waals surface area contributed by atoms with Crippen molar-refractivity contribution in [2.75, 3.05) is 6.54 Å². The zero-order valence-electron chi connectivity index (χ0n) is 12.2. The Morgan fingerprint density at radius 1 is 1.26 bits per heavy atom. The van der Waals surface area contributed by atoms with Crippen LogP contribution in [0.15, 0.2) is 73.5 Å². The largest absolute Gasteiger partial charge is 0.370 e. The second-order valence-electron chi connectivity index (χ2n) is 4.25. The molecule has 2 nitrogen and oxygen atoms in total. The van der Waals surface area contributed by atoms with Gasteiger partial charge in [0.1, 0.15) is 0 Å². The molecule has 0 heterocycles. The molecular weight excluding hydrogens is 232 g/mol. The molecule has 0 saturated heterocycles. The van der Waals surface area contributed by atoms with Gasteiger partial charge < -0.3 is 5.32 Å². The molecule has 1 unspecified atom stereocenters. The Bertz CT molecular complexity index is 386. The van der Waals surface area contributed by atoms with Crippen molar-refractivity contribution in [1.82, 2.24) is 10.6 Å². The lowest BCUT2D eigenvalue weighted by atomic mass is 10.1. The topological polar surface area (TPSA) is 24.1 Å². The molecule has 0 bridgehead atoms. The summed E-state index contributed by atoms with van der Waals surface area (Å²) in [7, 11) is 0. The van der Waals surface area contributed by atoms with Crippen LogP contribution < -0.4 is 10.6 Å². The van der Waals surface area contributed by atoms with Crippen LogP contribution in [0.3, 0.4) is 0 Å². The van der Waals surface area contributed by atoms with Crippen LogP contribution in [0.5, 0.6) is 0 Å². The van der Waals surface area contributed by atoms with Crippen LogP contribution in [-0.4, -0.2) is 12.7 Å². The van der Waals surface area contributed by atoms with Gasteiger partial charge in [-0.1, -0.05) is 63.6 Å². The summed E-state index contributed by atoms with van der Waals surface area (Å²) in [6.45, 7) is 20.2. The summed E-state index contributed by atoms with van der Waals surface area (Å²) in [6.07, 6.45) is 10.5. The monoisotopic (exact) mass is 258 g/mol. The fraction of sp³-hybridized carbons (Fsp3) is 0.294. The minimum Gasteiger partial charge on any atom is -0.370 e. The fourth-order valence-corrected chi connectivity index (χ4v) is 1.49. The maximum absolute atomic E-state index is 4.02. The highest BCUT2D eigenvalue weighted by Gasteiger charge is 2.03. The summed E-state index contributed by atoms with van der Waals surface area (Å²) in [5, 5.41) is 6.62. The number of hydrogen-bond donors (Lipinski definition) is 2. The van der Waals surface area contributed by atoms with Gasteiger partial charge in [-0.05, 0) is 24.5 Å². The Morgan fingerprint density at radius 2 is 1.95 bits per heavy atom. The highest BCUT2D eigenvalue weighted by atomic mass is 15.1. The van der Waals surface area contributed by atoms with Crippen molar-refractivity contribution in [3.8, 4) is 0 Å². The molecule has 0 aromatic rings. The zero-order chi connectivity index (χ0) is 14.7. The molecule has 0 saturated carbocycles. The first-order valence-electron chi connectivity index (χ1n) is 6.53. The van der Waals surface area contributed by atoms with Crippen molar-refractivity contribution in [1.29, 1.82) is 0 Å². The highest BCUT2D eigenvalue weighted by Crippen LogP contribution is 2.07. The van der Waals surface area contributed by atoms with E-state index in [9.17, 15) is 0 Å². The molecule has 0 aromatic carbocycles. The van der Waals surface area contributed by atoms with E-state index < -0.39 is 0 Å². The van der Waals surface area contributed by atoms with E-state index in [2.05, 4.69) is 49.9 Å². The Hall–Kier alpha value is -1.80. The highest BCUT2D eigenvalue weighted by molar-refractivity contribution is 5.35. The van der Waals surface area contributed by atoms with Crippen LogP contribution in [-0.2, 0) is 0 Å². The second-order valence-corrected chi connectivity index (χ2v) is 4.25. The molecule has 19 heavy (non-hydrogen) atoms. The van der Waals surface area contributed by atoms with Crippen LogP contribution in [0.1, 0.15) is 20.3 Å². The summed E-state index contributed by atoms with van der Waals surface area (Å²) < 4.78 is 0. The fourth-order valence-electron chi connectivity index (χ4n) is 1.49. The molecule has 0 amide bonds. The van der Waals surface area contributed by atoms with Crippen molar-refractivity contribution >= 4 is 0 Å². The number of hydrogen-bond acceptors (Lipinski definition) is 2. The number of allylic oxidation sites excluding steroid dienone is 4. The van der Waals surface area contributed by atoms with E-state index in [4.69, 9.17) is 0 Å². The average Bonchev–Trinajstić information content (AvgIpc) is 2.39. The molecule has 1 atom stereocenters. The van der Waals surface area contributed by atoms with Gasteiger partial charge in [-0.2, -0.15) is 0 Å². The zero-order valence-corrected chi connectivity index (χ0v) is 12.2. The van der Waals surface area contributed by atoms with Gasteiger partial charge in [0.15, 0.2) is 0 Å². The maximum Gasteiger partial charge on any atom is 0.0741 e. The lowest BCUT2D eigenvalue weighted by Crippen LogP contribution is -2.39. The summed E-state index contributed by atoms with van der Waals surface area (Å²) in [5.74, 6) is 0. The molecule has 0 fully saturated rings. The quantitative estimate of drug-likeness (QED) is 0.459. The van der Waals surface area contributed by atoms with Gasteiger partial charge >= 0.3 is 0 Å². The molecule has 0 aliphatic heterocycles. The first-order valence-corrected chi connectivity index (χ1v) is 6.53. The third kappa shape index (κ3) is 8.01. The van der Waals surface area contributed by atoms with Crippen molar-refractivity contribution in [3.05, 3.63) is 73.5 Å². The van der Waals surface area contributed by atoms with Gasteiger partial charge in [-0.3, -0.25) is 5.32 Å². The standard InChI is InChI=1S/C17H26N2/c1-7-10-12-14(4)13-18-16(6)19-15(5)17(9-3)11-8-2/h7,9-12,16,18-19H,1,3-5,8,13H2,2,6H3/b12-10-,17-11+. The summed E-state index contributed by atoms with van der Waals surface area (Å²) in [6, 6.07) is 0. The summed E-state index contributed by atoms with van der Waals surface area (Å²) in [4.78, 5) is 0. The first kappa shape index (κ1) is 17.2. The van der Waals surface area contributed by atoms with Gasteiger partial charge in [-0.15, -0.1) is 0 Å². The molecule has 0 aromatic heterocycles. The van der Waals surface area contributed by atoms with Crippen molar-refractivity contribution < 1.29 is 0 Å².